The minimum absolute atomic E-state index is 0.285. The Balaban J connectivity index is 2.27. The molecule has 0 aliphatic rings. The molecular formula is C15H14BrF2NO. The standard InChI is InChI=1S/C15H14BrF2NO/c1-9(12-7-10(16)3-5-13(12)18)19-14-6-4-11(17)8-15(14)20-2/h3-9,19H,1-2H3. The van der Waals surface area contributed by atoms with Gasteiger partial charge in [0.15, 0.2) is 0 Å². The van der Waals surface area contributed by atoms with Crippen molar-refractivity contribution in [2.75, 3.05) is 12.4 Å². The molecule has 0 spiro atoms. The van der Waals surface area contributed by atoms with Crippen LogP contribution in [0.25, 0.3) is 0 Å². The Labute approximate surface area is 124 Å². The number of hydrogen-bond donors (Lipinski definition) is 1. The van der Waals surface area contributed by atoms with Crippen LogP contribution in [0, 0.1) is 11.6 Å². The molecule has 2 rings (SSSR count). The van der Waals surface area contributed by atoms with E-state index in [0.29, 0.717) is 17.0 Å². The topological polar surface area (TPSA) is 21.3 Å². The maximum absolute atomic E-state index is 13.8. The summed E-state index contributed by atoms with van der Waals surface area (Å²) in [5.41, 5.74) is 1.13. The van der Waals surface area contributed by atoms with Gasteiger partial charge in [0.05, 0.1) is 18.8 Å². The summed E-state index contributed by atoms with van der Waals surface area (Å²) in [6.07, 6.45) is 0. The van der Waals surface area contributed by atoms with E-state index < -0.39 is 0 Å². The zero-order valence-electron chi connectivity index (χ0n) is 11.1. The first-order valence-electron chi connectivity index (χ1n) is 6.06. The van der Waals surface area contributed by atoms with Gasteiger partial charge < -0.3 is 10.1 Å². The Kier molecular flexibility index (Phi) is 4.60. The Morgan fingerprint density at radius 2 is 1.90 bits per heavy atom. The number of nitrogens with one attached hydrogen (secondary N) is 1. The second kappa shape index (κ2) is 6.22. The Bertz CT molecular complexity index is 619. The molecule has 0 amide bonds. The van der Waals surface area contributed by atoms with Crippen molar-refractivity contribution in [3.8, 4) is 5.75 Å². The van der Waals surface area contributed by atoms with Gasteiger partial charge in [-0.3, -0.25) is 0 Å². The third-order valence-corrected chi connectivity index (χ3v) is 3.45. The van der Waals surface area contributed by atoms with Crippen LogP contribution >= 0.6 is 15.9 Å². The molecule has 2 aromatic carbocycles. The van der Waals surface area contributed by atoms with Crippen LogP contribution in [-0.2, 0) is 0 Å². The van der Waals surface area contributed by atoms with Gasteiger partial charge >= 0.3 is 0 Å². The van der Waals surface area contributed by atoms with E-state index in [1.807, 2.05) is 6.92 Å². The van der Waals surface area contributed by atoms with E-state index in [1.54, 1.807) is 18.2 Å². The SMILES string of the molecule is COc1cc(F)ccc1NC(C)c1cc(Br)ccc1F. The van der Waals surface area contributed by atoms with Crippen molar-refractivity contribution in [3.05, 3.63) is 58.1 Å². The molecule has 0 fully saturated rings. The molecule has 2 aromatic rings. The second-order valence-corrected chi connectivity index (χ2v) is 5.29. The Hall–Kier alpha value is -1.62. The summed E-state index contributed by atoms with van der Waals surface area (Å²) in [6, 6.07) is 8.65. The van der Waals surface area contributed by atoms with Crippen LogP contribution in [0.1, 0.15) is 18.5 Å². The van der Waals surface area contributed by atoms with Crippen LogP contribution in [0.2, 0.25) is 0 Å². The highest BCUT2D eigenvalue weighted by molar-refractivity contribution is 9.10. The molecule has 2 nitrogen and oxygen atoms in total. The molecule has 1 N–H and O–H groups in total. The van der Waals surface area contributed by atoms with Crippen LogP contribution in [0.5, 0.6) is 5.75 Å². The molecule has 0 bridgehead atoms. The van der Waals surface area contributed by atoms with Gasteiger partial charge in [-0.15, -0.1) is 0 Å². The van der Waals surface area contributed by atoms with Gasteiger partial charge in [0.25, 0.3) is 0 Å². The number of halogens is 3. The molecule has 0 saturated carbocycles. The highest BCUT2D eigenvalue weighted by atomic mass is 79.9. The van der Waals surface area contributed by atoms with E-state index in [2.05, 4.69) is 21.2 Å². The summed E-state index contributed by atoms with van der Waals surface area (Å²) in [5, 5.41) is 3.12. The number of ether oxygens (including phenoxy) is 1. The van der Waals surface area contributed by atoms with E-state index in [4.69, 9.17) is 4.74 Å². The molecule has 0 aromatic heterocycles. The zero-order chi connectivity index (χ0) is 14.7. The zero-order valence-corrected chi connectivity index (χ0v) is 12.7. The Morgan fingerprint density at radius 3 is 2.60 bits per heavy atom. The molecule has 0 aliphatic carbocycles. The molecule has 1 atom stereocenters. The van der Waals surface area contributed by atoms with E-state index in [1.165, 1.54) is 25.3 Å². The maximum Gasteiger partial charge on any atom is 0.144 e. The Morgan fingerprint density at radius 1 is 1.15 bits per heavy atom. The quantitative estimate of drug-likeness (QED) is 0.853. The summed E-state index contributed by atoms with van der Waals surface area (Å²) in [5.74, 6) is -0.296. The summed E-state index contributed by atoms with van der Waals surface area (Å²) < 4.78 is 32.9. The predicted octanol–water partition coefficient (Wildman–Crippen LogP) is 4.91. The fraction of sp³-hybridized carbons (Fsp3) is 0.200. The lowest BCUT2D eigenvalue weighted by Gasteiger charge is -2.18. The van der Waals surface area contributed by atoms with Crippen molar-refractivity contribution in [1.29, 1.82) is 0 Å². The van der Waals surface area contributed by atoms with Gasteiger partial charge in [-0.2, -0.15) is 0 Å². The minimum Gasteiger partial charge on any atom is -0.494 e. The fourth-order valence-electron chi connectivity index (χ4n) is 1.94. The van der Waals surface area contributed by atoms with Crippen LogP contribution in [0.4, 0.5) is 14.5 Å². The number of anilines is 1. The first-order chi connectivity index (χ1) is 9.51. The van der Waals surface area contributed by atoms with Gasteiger partial charge in [-0.05, 0) is 37.3 Å². The summed E-state index contributed by atoms with van der Waals surface area (Å²) in [6.45, 7) is 1.83. The number of benzene rings is 2. The highest BCUT2D eigenvalue weighted by Crippen LogP contribution is 2.30. The van der Waals surface area contributed by atoms with Crippen molar-refractivity contribution in [2.45, 2.75) is 13.0 Å². The molecule has 5 heteroatoms. The van der Waals surface area contributed by atoms with Crippen LogP contribution in [-0.4, -0.2) is 7.11 Å². The molecule has 0 radical (unpaired) electrons. The number of methoxy groups -OCH3 is 1. The van der Waals surface area contributed by atoms with Crippen LogP contribution in [0.15, 0.2) is 40.9 Å². The van der Waals surface area contributed by atoms with E-state index >= 15 is 0 Å². The van der Waals surface area contributed by atoms with Crippen molar-refractivity contribution in [1.82, 2.24) is 0 Å². The average Bonchev–Trinajstić information content (AvgIpc) is 2.43. The average molecular weight is 342 g/mol. The van der Waals surface area contributed by atoms with Crippen LogP contribution < -0.4 is 10.1 Å². The third-order valence-electron chi connectivity index (χ3n) is 2.96. The molecule has 0 aliphatic heterocycles. The van der Waals surface area contributed by atoms with Gasteiger partial charge in [0, 0.05) is 16.1 Å². The first kappa shape index (κ1) is 14.8. The largest absolute Gasteiger partial charge is 0.494 e. The van der Waals surface area contributed by atoms with Gasteiger partial charge in [-0.1, -0.05) is 15.9 Å². The lowest BCUT2D eigenvalue weighted by molar-refractivity contribution is 0.412. The molecule has 0 heterocycles. The predicted molar refractivity (Wildman–Crippen MR) is 79.1 cm³/mol. The molecule has 20 heavy (non-hydrogen) atoms. The van der Waals surface area contributed by atoms with Crippen LogP contribution in [0.3, 0.4) is 0 Å². The van der Waals surface area contributed by atoms with Crippen molar-refractivity contribution in [2.24, 2.45) is 0 Å². The highest BCUT2D eigenvalue weighted by Gasteiger charge is 2.13. The molecule has 0 saturated heterocycles. The lowest BCUT2D eigenvalue weighted by Crippen LogP contribution is -2.09. The summed E-state index contributed by atoms with van der Waals surface area (Å²) >= 11 is 3.32. The monoisotopic (exact) mass is 341 g/mol. The summed E-state index contributed by atoms with van der Waals surface area (Å²) in [4.78, 5) is 0. The molecule has 106 valence electrons. The molecule has 1 unspecified atom stereocenters. The van der Waals surface area contributed by atoms with Crippen molar-refractivity contribution in [3.63, 3.8) is 0 Å². The van der Waals surface area contributed by atoms with E-state index in [-0.39, 0.29) is 17.7 Å². The summed E-state index contributed by atoms with van der Waals surface area (Å²) in [7, 11) is 1.46. The maximum atomic E-state index is 13.8. The third kappa shape index (κ3) is 3.28. The fourth-order valence-corrected chi connectivity index (χ4v) is 2.32. The van der Waals surface area contributed by atoms with Gasteiger partial charge in [0.1, 0.15) is 17.4 Å². The minimum atomic E-state index is -0.381. The second-order valence-electron chi connectivity index (χ2n) is 4.38. The van der Waals surface area contributed by atoms with E-state index in [0.717, 1.165) is 4.47 Å². The van der Waals surface area contributed by atoms with Gasteiger partial charge in [0.2, 0.25) is 0 Å². The van der Waals surface area contributed by atoms with Crippen molar-refractivity contribution >= 4 is 21.6 Å². The number of rotatable bonds is 4. The normalized spacial score (nSPS) is 12.1. The molecular weight excluding hydrogens is 328 g/mol. The van der Waals surface area contributed by atoms with Gasteiger partial charge in [-0.25, -0.2) is 8.78 Å². The van der Waals surface area contributed by atoms with Crippen molar-refractivity contribution < 1.29 is 13.5 Å². The lowest BCUT2D eigenvalue weighted by atomic mass is 10.1. The smallest absolute Gasteiger partial charge is 0.144 e. The first-order valence-corrected chi connectivity index (χ1v) is 6.85. The number of hydrogen-bond acceptors (Lipinski definition) is 2. The van der Waals surface area contributed by atoms with E-state index in [9.17, 15) is 8.78 Å².